The highest BCUT2D eigenvalue weighted by atomic mass is 16.5. The van der Waals surface area contributed by atoms with Gasteiger partial charge in [-0.1, -0.05) is 5.16 Å². The Hall–Kier alpha value is -2.21. The van der Waals surface area contributed by atoms with Gasteiger partial charge in [0.1, 0.15) is 17.4 Å². The predicted molar refractivity (Wildman–Crippen MR) is 70.9 cm³/mol. The largest absolute Gasteiger partial charge is 0.385 e. The van der Waals surface area contributed by atoms with E-state index in [1.54, 1.807) is 31.5 Å². The summed E-state index contributed by atoms with van der Waals surface area (Å²) in [6.45, 7) is 1.54. The van der Waals surface area contributed by atoms with Crippen molar-refractivity contribution in [3.05, 3.63) is 35.9 Å². The van der Waals surface area contributed by atoms with Gasteiger partial charge in [0.05, 0.1) is 0 Å². The normalized spacial score (nSPS) is 15.9. The first kappa shape index (κ1) is 12.8. The van der Waals surface area contributed by atoms with E-state index in [0.717, 1.165) is 12.8 Å². The molecule has 0 spiro atoms. The summed E-state index contributed by atoms with van der Waals surface area (Å²) in [5.41, 5.74) is 1.39. The minimum atomic E-state index is -0.895. The van der Waals surface area contributed by atoms with Crippen molar-refractivity contribution in [2.24, 2.45) is 0 Å². The zero-order valence-corrected chi connectivity index (χ0v) is 11.0. The standard InChI is InChI=1S/C14H15N3O3/c1-8(18)13-11(14(19)16-10-4-5-10)12(17-20-13)9-3-2-6-15-7-9/h2-3,6-8,10,18H,4-5H2,1H3,(H,16,19)/t8-/m0/s1. The summed E-state index contributed by atoms with van der Waals surface area (Å²) in [6, 6.07) is 3.78. The van der Waals surface area contributed by atoms with Gasteiger partial charge >= 0.3 is 0 Å². The van der Waals surface area contributed by atoms with E-state index in [2.05, 4.69) is 15.5 Å². The van der Waals surface area contributed by atoms with Gasteiger partial charge in [-0.05, 0) is 31.9 Å². The van der Waals surface area contributed by atoms with Crippen molar-refractivity contribution in [2.75, 3.05) is 0 Å². The van der Waals surface area contributed by atoms with Crippen molar-refractivity contribution in [1.29, 1.82) is 0 Å². The molecule has 3 rings (SSSR count). The van der Waals surface area contributed by atoms with Crippen LogP contribution in [0.3, 0.4) is 0 Å². The second-order valence-electron chi connectivity index (χ2n) is 4.94. The fraction of sp³-hybridized carbons (Fsp3) is 0.357. The van der Waals surface area contributed by atoms with Crippen molar-refractivity contribution >= 4 is 5.91 Å². The Morgan fingerprint density at radius 1 is 1.55 bits per heavy atom. The highest BCUT2D eigenvalue weighted by Crippen LogP contribution is 2.29. The van der Waals surface area contributed by atoms with Crippen LogP contribution < -0.4 is 5.32 Å². The molecule has 104 valence electrons. The number of carbonyl (C=O) groups excluding carboxylic acids is 1. The van der Waals surface area contributed by atoms with E-state index in [4.69, 9.17) is 4.52 Å². The summed E-state index contributed by atoms with van der Waals surface area (Å²) in [5.74, 6) is -0.0782. The lowest BCUT2D eigenvalue weighted by Gasteiger charge is -2.06. The van der Waals surface area contributed by atoms with Crippen LogP contribution in [-0.2, 0) is 0 Å². The van der Waals surface area contributed by atoms with Crippen LogP contribution in [0.1, 0.15) is 42.0 Å². The average molecular weight is 273 g/mol. The third kappa shape index (κ3) is 2.42. The summed E-state index contributed by atoms with van der Waals surface area (Å²) in [5, 5.41) is 16.5. The highest BCUT2D eigenvalue weighted by molar-refractivity contribution is 6.01. The summed E-state index contributed by atoms with van der Waals surface area (Å²) in [6.07, 6.45) is 4.33. The lowest BCUT2D eigenvalue weighted by molar-refractivity contribution is 0.0938. The first-order valence-electron chi connectivity index (χ1n) is 6.55. The van der Waals surface area contributed by atoms with Gasteiger partial charge in [-0.2, -0.15) is 0 Å². The Morgan fingerprint density at radius 3 is 2.95 bits per heavy atom. The van der Waals surface area contributed by atoms with Gasteiger partial charge in [-0.25, -0.2) is 0 Å². The summed E-state index contributed by atoms with van der Waals surface area (Å²) in [7, 11) is 0. The molecule has 0 bridgehead atoms. The summed E-state index contributed by atoms with van der Waals surface area (Å²) >= 11 is 0. The maximum Gasteiger partial charge on any atom is 0.257 e. The molecule has 2 aromatic heterocycles. The molecule has 0 unspecified atom stereocenters. The maximum atomic E-state index is 12.3. The van der Waals surface area contributed by atoms with Gasteiger partial charge in [-0.15, -0.1) is 0 Å². The van der Waals surface area contributed by atoms with Gasteiger partial charge in [-0.3, -0.25) is 9.78 Å². The van der Waals surface area contributed by atoms with Crippen LogP contribution in [-0.4, -0.2) is 27.2 Å². The van der Waals surface area contributed by atoms with Gasteiger partial charge in [0.25, 0.3) is 5.91 Å². The molecule has 1 aliphatic carbocycles. The van der Waals surface area contributed by atoms with Crippen molar-refractivity contribution in [2.45, 2.75) is 31.9 Å². The first-order valence-corrected chi connectivity index (χ1v) is 6.55. The molecule has 2 heterocycles. The molecular formula is C14H15N3O3. The van der Waals surface area contributed by atoms with Crippen LogP contribution in [0.25, 0.3) is 11.3 Å². The molecule has 0 aliphatic heterocycles. The van der Waals surface area contributed by atoms with E-state index in [1.807, 2.05) is 0 Å². The molecule has 2 N–H and O–H groups in total. The van der Waals surface area contributed by atoms with Crippen molar-refractivity contribution in [3.8, 4) is 11.3 Å². The van der Waals surface area contributed by atoms with Crippen molar-refractivity contribution in [1.82, 2.24) is 15.5 Å². The molecule has 1 fully saturated rings. The SMILES string of the molecule is C[C@H](O)c1onc(-c2cccnc2)c1C(=O)NC1CC1. The molecule has 1 saturated carbocycles. The van der Waals surface area contributed by atoms with Crippen LogP contribution in [0.4, 0.5) is 0 Å². The van der Waals surface area contributed by atoms with Gasteiger partial charge < -0.3 is 14.9 Å². The topological polar surface area (TPSA) is 88.2 Å². The minimum absolute atomic E-state index is 0.182. The fourth-order valence-electron chi connectivity index (χ4n) is 1.99. The molecule has 20 heavy (non-hydrogen) atoms. The number of nitrogens with one attached hydrogen (secondary N) is 1. The average Bonchev–Trinajstić information content (AvgIpc) is 3.14. The molecule has 0 radical (unpaired) electrons. The predicted octanol–water partition coefficient (Wildman–Crippen LogP) is 1.68. The molecule has 2 aromatic rings. The number of hydrogen-bond acceptors (Lipinski definition) is 5. The van der Waals surface area contributed by atoms with Gasteiger partial charge in [0.2, 0.25) is 0 Å². The lowest BCUT2D eigenvalue weighted by Crippen LogP contribution is -2.26. The molecular weight excluding hydrogens is 258 g/mol. The first-order chi connectivity index (χ1) is 9.66. The van der Waals surface area contributed by atoms with E-state index in [1.165, 1.54) is 0 Å². The molecule has 6 nitrogen and oxygen atoms in total. The second kappa shape index (κ2) is 5.05. The van der Waals surface area contributed by atoms with E-state index in [9.17, 15) is 9.90 Å². The fourth-order valence-corrected chi connectivity index (χ4v) is 1.99. The summed E-state index contributed by atoms with van der Waals surface area (Å²) in [4.78, 5) is 16.3. The Labute approximate surface area is 115 Å². The second-order valence-corrected chi connectivity index (χ2v) is 4.94. The Bertz CT molecular complexity index is 618. The van der Waals surface area contributed by atoms with Crippen molar-refractivity contribution < 1.29 is 14.4 Å². The van der Waals surface area contributed by atoms with E-state index in [0.29, 0.717) is 16.8 Å². The maximum absolute atomic E-state index is 12.3. The number of carbonyl (C=O) groups is 1. The van der Waals surface area contributed by atoms with Crippen molar-refractivity contribution in [3.63, 3.8) is 0 Å². The number of aliphatic hydroxyl groups excluding tert-OH is 1. The molecule has 1 aliphatic rings. The quantitative estimate of drug-likeness (QED) is 0.884. The Morgan fingerprint density at radius 2 is 2.35 bits per heavy atom. The van der Waals surface area contributed by atoms with Crippen LogP contribution in [0.2, 0.25) is 0 Å². The third-order valence-electron chi connectivity index (χ3n) is 3.17. The van der Waals surface area contributed by atoms with Crippen LogP contribution in [0.5, 0.6) is 0 Å². The highest BCUT2D eigenvalue weighted by Gasteiger charge is 2.30. The minimum Gasteiger partial charge on any atom is -0.385 e. The molecule has 1 amide bonds. The number of rotatable bonds is 4. The number of nitrogens with zero attached hydrogens (tertiary/aromatic N) is 2. The number of aliphatic hydroxyl groups is 1. The van der Waals surface area contributed by atoms with E-state index in [-0.39, 0.29) is 17.7 Å². The van der Waals surface area contributed by atoms with E-state index >= 15 is 0 Å². The lowest BCUT2D eigenvalue weighted by atomic mass is 10.0. The van der Waals surface area contributed by atoms with Gasteiger partial charge in [0.15, 0.2) is 5.76 Å². The Balaban J connectivity index is 2.03. The number of hydrogen-bond donors (Lipinski definition) is 2. The molecule has 1 atom stereocenters. The number of pyridine rings is 1. The monoisotopic (exact) mass is 273 g/mol. The number of amides is 1. The van der Waals surface area contributed by atoms with E-state index < -0.39 is 6.10 Å². The van der Waals surface area contributed by atoms with Crippen LogP contribution in [0.15, 0.2) is 29.0 Å². The van der Waals surface area contributed by atoms with Crippen LogP contribution in [0, 0.1) is 0 Å². The smallest absolute Gasteiger partial charge is 0.257 e. The molecule has 0 aromatic carbocycles. The third-order valence-corrected chi connectivity index (χ3v) is 3.17. The molecule has 6 heteroatoms. The van der Waals surface area contributed by atoms with Gasteiger partial charge in [0, 0.05) is 24.0 Å². The zero-order valence-electron chi connectivity index (χ0n) is 11.0. The Kier molecular flexibility index (Phi) is 3.23. The van der Waals surface area contributed by atoms with Crippen LogP contribution >= 0.6 is 0 Å². The molecule has 0 saturated heterocycles. The zero-order chi connectivity index (χ0) is 14.1. The summed E-state index contributed by atoms with van der Waals surface area (Å²) < 4.78 is 5.15. The number of aromatic nitrogens is 2.